The van der Waals surface area contributed by atoms with E-state index in [1.54, 1.807) is 11.3 Å². The Kier molecular flexibility index (Phi) is 4.97. The Morgan fingerprint density at radius 1 is 1.30 bits per heavy atom. The summed E-state index contributed by atoms with van der Waals surface area (Å²) < 4.78 is 1.20. The summed E-state index contributed by atoms with van der Waals surface area (Å²) >= 11 is 3.59. The molecule has 0 atom stereocenters. The van der Waals surface area contributed by atoms with Crippen LogP contribution in [0.5, 0.6) is 0 Å². The Bertz CT molecular complexity index is 684. The van der Waals surface area contributed by atoms with Crippen molar-refractivity contribution in [3.05, 3.63) is 23.4 Å². The third-order valence-corrected chi connectivity index (χ3v) is 7.74. The first kappa shape index (κ1) is 16.8. The van der Waals surface area contributed by atoms with Crippen molar-refractivity contribution in [2.24, 2.45) is 5.41 Å². The number of ketones is 1. The van der Waals surface area contributed by atoms with Crippen LogP contribution in [0.3, 0.4) is 0 Å². The van der Waals surface area contributed by atoms with E-state index in [1.165, 1.54) is 14.6 Å². The van der Waals surface area contributed by atoms with E-state index in [9.17, 15) is 4.79 Å². The lowest BCUT2D eigenvalue weighted by Gasteiger charge is -2.35. The molecule has 2 aromatic rings. The van der Waals surface area contributed by atoms with Crippen LogP contribution in [0, 0.1) is 5.41 Å². The zero-order valence-corrected chi connectivity index (χ0v) is 15.7. The monoisotopic (exact) mass is 348 g/mol. The third-order valence-electron chi connectivity index (χ3n) is 5.01. The van der Waals surface area contributed by atoms with Crippen molar-refractivity contribution in [2.75, 3.05) is 5.75 Å². The summed E-state index contributed by atoms with van der Waals surface area (Å²) in [7, 11) is 0. The number of nitrogens with zero attached hydrogens (tertiary/aromatic N) is 1. The van der Waals surface area contributed by atoms with E-state index in [4.69, 9.17) is 0 Å². The highest BCUT2D eigenvalue weighted by Gasteiger charge is 2.40. The van der Waals surface area contributed by atoms with E-state index < -0.39 is 0 Å². The maximum absolute atomic E-state index is 13.0. The molecular formula is C18H24N2OS2. The van der Waals surface area contributed by atoms with Crippen LogP contribution < -0.4 is 0 Å². The molecular weight excluding hydrogens is 324 g/mol. The second-order valence-corrected chi connectivity index (χ2v) is 8.75. The molecule has 2 heterocycles. The molecule has 0 aliphatic heterocycles. The second kappa shape index (κ2) is 6.81. The van der Waals surface area contributed by atoms with Crippen LogP contribution in [0.4, 0.5) is 0 Å². The molecule has 0 saturated heterocycles. The molecule has 23 heavy (non-hydrogen) atoms. The average Bonchev–Trinajstić information content (AvgIpc) is 3.20. The highest BCUT2D eigenvalue weighted by molar-refractivity contribution is 8.01. The molecule has 0 amide bonds. The predicted octanol–water partition coefficient (Wildman–Crippen LogP) is 5.58. The summed E-state index contributed by atoms with van der Waals surface area (Å²) in [4.78, 5) is 14.1. The van der Waals surface area contributed by atoms with Crippen LogP contribution >= 0.6 is 23.1 Å². The second-order valence-electron chi connectivity index (χ2n) is 6.36. The first-order valence-corrected chi connectivity index (χ1v) is 10.3. The Hall–Kier alpha value is -1.07. The average molecular weight is 349 g/mol. The molecule has 0 bridgehead atoms. The van der Waals surface area contributed by atoms with E-state index in [1.807, 2.05) is 24.0 Å². The lowest BCUT2D eigenvalue weighted by atomic mass is 9.68. The lowest BCUT2D eigenvalue weighted by molar-refractivity contribution is 0.0870. The number of thiophene rings is 1. The van der Waals surface area contributed by atoms with Gasteiger partial charge >= 0.3 is 0 Å². The van der Waals surface area contributed by atoms with Gasteiger partial charge in [-0.25, -0.2) is 0 Å². The smallest absolute Gasteiger partial charge is 0.165 e. The lowest BCUT2D eigenvalue weighted by Crippen LogP contribution is -2.31. The number of H-pyrrole nitrogens is 1. The van der Waals surface area contributed by atoms with Gasteiger partial charge in [0.1, 0.15) is 5.69 Å². The van der Waals surface area contributed by atoms with Gasteiger partial charge in [-0.1, -0.05) is 20.8 Å². The zero-order valence-electron chi connectivity index (χ0n) is 14.1. The molecule has 1 aliphatic rings. The van der Waals surface area contributed by atoms with Crippen molar-refractivity contribution in [3.8, 4) is 10.6 Å². The van der Waals surface area contributed by atoms with E-state index in [0.29, 0.717) is 12.2 Å². The largest absolute Gasteiger partial charge is 0.294 e. The van der Waals surface area contributed by atoms with Gasteiger partial charge in [-0.15, -0.1) is 23.1 Å². The molecule has 124 valence electrons. The van der Waals surface area contributed by atoms with E-state index in [0.717, 1.165) is 42.7 Å². The molecule has 1 aliphatic carbocycles. The topological polar surface area (TPSA) is 45.8 Å². The van der Waals surface area contributed by atoms with Gasteiger partial charge in [0, 0.05) is 18.2 Å². The van der Waals surface area contributed by atoms with Crippen LogP contribution in [-0.4, -0.2) is 21.7 Å². The van der Waals surface area contributed by atoms with Gasteiger partial charge in [0.2, 0.25) is 0 Å². The van der Waals surface area contributed by atoms with Crippen LogP contribution in [-0.2, 0) is 6.42 Å². The molecule has 5 heteroatoms. The van der Waals surface area contributed by atoms with Crippen LogP contribution in [0.2, 0.25) is 0 Å². The van der Waals surface area contributed by atoms with Gasteiger partial charge in [-0.3, -0.25) is 9.89 Å². The molecule has 0 unspecified atom stereocenters. The van der Waals surface area contributed by atoms with Crippen LogP contribution in [0.15, 0.2) is 16.5 Å². The van der Waals surface area contributed by atoms with Crippen molar-refractivity contribution in [1.82, 2.24) is 10.2 Å². The third kappa shape index (κ3) is 3.01. The maximum Gasteiger partial charge on any atom is 0.165 e. The van der Waals surface area contributed by atoms with Gasteiger partial charge in [0.15, 0.2) is 5.78 Å². The van der Waals surface area contributed by atoms with Gasteiger partial charge < -0.3 is 0 Å². The maximum atomic E-state index is 13.0. The fraction of sp³-hybridized carbons (Fsp3) is 0.556. The Morgan fingerprint density at radius 3 is 2.70 bits per heavy atom. The van der Waals surface area contributed by atoms with Gasteiger partial charge in [0.25, 0.3) is 0 Å². The molecule has 2 aromatic heterocycles. The van der Waals surface area contributed by atoms with Crippen molar-refractivity contribution in [1.29, 1.82) is 0 Å². The van der Waals surface area contributed by atoms with E-state index in [2.05, 4.69) is 31.0 Å². The SMILES string of the molecule is CCCSc1sc(-c2cc[nH]n2)c2c1C(=O)CC(CC)(CC)C2. The summed E-state index contributed by atoms with van der Waals surface area (Å²) in [5.74, 6) is 1.40. The predicted molar refractivity (Wildman–Crippen MR) is 98.6 cm³/mol. The number of aromatic nitrogens is 2. The van der Waals surface area contributed by atoms with Crippen molar-refractivity contribution < 1.29 is 4.79 Å². The summed E-state index contributed by atoms with van der Waals surface area (Å²) in [5, 5.41) is 7.29. The fourth-order valence-electron chi connectivity index (χ4n) is 3.40. The molecule has 0 fully saturated rings. The standard InChI is InChI=1S/C18H24N2OS2/c1-4-9-22-17-15-12(16(23-17)13-7-8-19-20-13)10-18(5-2,6-3)11-14(15)21/h7-8H,4-6,9-11H2,1-3H3,(H,19,20). The van der Waals surface area contributed by atoms with Crippen molar-refractivity contribution >= 4 is 28.9 Å². The number of carbonyl (C=O) groups excluding carboxylic acids is 1. The Labute approximate surface area is 146 Å². The summed E-state index contributed by atoms with van der Waals surface area (Å²) in [6, 6.07) is 2.01. The quantitative estimate of drug-likeness (QED) is 0.694. The first-order valence-electron chi connectivity index (χ1n) is 8.46. The van der Waals surface area contributed by atoms with Gasteiger partial charge in [-0.2, -0.15) is 5.10 Å². The molecule has 0 saturated carbocycles. The minimum Gasteiger partial charge on any atom is -0.294 e. The number of Topliss-reactive ketones (excluding diaryl/α,β-unsaturated/α-hetero) is 1. The molecule has 3 nitrogen and oxygen atoms in total. The van der Waals surface area contributed by atoms with Gasteiger partial charge in [0.05, 0.1) is 9.09 Å². The molecule has 0 radical (unpaired) electrons. The minimum absolute atomic E-state index is 0.128. The summed E-state index contributed by atoms with van der Waals surface area (Å²) in [5.41, 5.74) is 3.36. The Balaban J connectivity index is 2.11. The zero-order chi connectivity index (χ0) is 16.4. The highest BCUT2D eigenvalue weighted by atomic mass is 32.2. The van der Waals surface area contributed by atoms with E-state index >= 15 is 0 Å². The summed E-state index contributed by atoms with van der Waals surface area (Å²) in [6.45, 7) is 6.62. The molecule has 0 aromatic carbocycles. The number of thioether (sulfide) groups is 1. The number of nitrogens with one attached hydrogen (secondary N) is 1. The van der Waals surface area contributed by atoms with Gasteiger partial charge in [-0.05, 0) is 48.5 Å². The number of aromatic amines is 1. The number of carbonyl (C=O) groups is 1. The number of hydrogen-bond donors (Lipinski definition) is 1. The molecule has 3 rings (SSSR count). The first-order chi connectivity index (χ1) is 11.1. The Morgan fingerprint density at radius 2 is 2.09 bits per heavy atom. The fourth-order valence-corrected chi connectivity index (χ4v) is 5.95. The van der Waals surface area contributed by atoms with Crippen LogP contribution in [0.1, 0.15) is 62.4 Å². The molecule has 1 N–H and O–H groups in total. The highest BCUT2D eigenvalue weighted by Crippen LogP contribution is 2.50. The normalized spacial score (nSPS) is 16.6. The number of hydrogen-bond acceptors (Lipinski definition) is 4. The molecule has 0 spiro atoms. The van der Waals surface area contributed by atoms with E-state index in [-0.39, 0.29) is 5.41 Å². The van der Waals surface area contributed by atoms with Crippen molar-refractivity contribution in [2.45, 2.75) is 57.1 Å². The minimum atomic E-state index is 0.128. The summed E-state index contributed by atoms with van der Waals surface area (Å²) in [6.07, 6.45) is 6.80. The number of rotatable bonds is 6. The number of fused-ring (bicyclic) bond motifs is 1. The van der Waals surface area contributed by atoms with Crippen LogP contribution in [0.25, 0.3) is 10.6 Å². The van der Waals surface area contributed by atoms with Crippen molar-refractivity contribution in [3.63, 3.8) is 0 Å².